The van der Waals surface area contributed by atoms with Gasteiger partial charge in [0.05, 0.1) is 0 Å². The van der Waals surface area contributed by atoms with Crippen molar-refractivity contribution in [2.24, 2.45) is 0 Å². The highest BCUT2D eigenvalue weighted by atomic mass is 16.3. The summed E-state index contributed by atoms with van der Waals surface area (Å²) in [6, 6.07) is 9.76. The smallest absolute Gasteiger partial charge is 0.165 e. The Morgan fingerprint density at radius 2 is 1.53 bits per heavy atom. The molecule has 0 saturated heterocycles. The lowest BCUT2D eigenvalue weighted by Crippen LogP contribution is -1.88. The Morgan fingerprint density at radius 1 is 0.824 bits per heavy atom. The lowest BCUT2D eigenvalue weighted by Gasteiger charge is -2.12. The van der Waals surface area contributed by atoms with E-state index in [0.29, 0.717) is 11.1 Å². The molecule has 0 atom stereocenters. The molecule has 2 aromatic carbocycles. The molecule has 0 bridgehead atoms. The van der Waals surface area contributed by atoms with Crippen LogP contribution < -0.4 is 0 Å². The van der Waals surface area contributed by atoms with Crippen LogP contribution in [0.1, 0.15) is 16.7 Å². The van der Waals surface area contributed by atoms with Gasteiger partial charge in [0.15, 0.2) is 11.5 Å². The molecule has 0 radical (unpaired) electrons. The molecule has 0 spiro atoms. The first-order valence-electron chi connectivity index (χ1n) is 5.60. The average Bonchev–Trinajstić information content (AvgIpc) is 2.26. The Morgan fingerprint density at radius 3 is 2.18 bits per heavy atom. The number of phenols is 2. The molecule has 0 aromatic heterocycles. The van der Waals surface area contributed by atoms with Crippen LogP contribution in [0.2, 0.25) is 0 Å². The van der Waals surface area contributed by atoms with Crippen LogP contribution in [0.25, 0.3) is 11.1 Å². The van der Waals surface area contributed by atoms with Gasteiger partial charge < -0.3 is 10.2 Å². The van der Waals surface area contributed by atoms with E-state index in [1.165, 1.54) is 0 Å². The van der Waals surface area contributed by atoms with Gasteiger partial charge in [-0.05, 0) is 37.5 Å². The first-order valence-corrected chi connectivity index (χ1v) is 5.60. The zero-order chi connectivity index (χ0) is 12.6. The molecule has 0 heterocycles. The molecule has 2 N–H and O–H groups in total. The quantitative estimate of drug-likeness (QED) is 0.731. The molecule has 17 heavy (non-hydrogen) atoms. The Labute approximate surface area is 101 Å². The molecule has 0 aliphatic rings. The molecule has 88 valence electrons. The Kier molecular flexibility index (Phi) is 2.80. The van der Waals surface area contributed by atoms with E-state index < -0.39 is 0 Å². The third-order valence-corrected chi connectivity index (χ3v) is 2.97. The molecule has 2 nitrogen and oxygen atoms in total. The first kappa shape index (κ1) is 11.5. The van der Waals surface area contributed by atoms with Crippen molar-refractivity contribution in [3.8, 4) is 22.6 Å². The van der Waals surface area contributed by atoms with Crippen molar-refractivity contribution in [3.63, 3.8) is 0 Å². The van der Waals surface area contributed by atoms with Crippen LogP contribution in [0.4, 0.5) is 0 Å². The fraction of sp³-hybridized carbons (Fsp3) is 0.200. The van der Waals surface area contributed by atoms with Gasteiger partial charge in [-0.1, -0.05) is 35.9 Å². The number of aryl methyl sites for hydroxylation is 3. The topological polar surface area (TPSA) is 40.5 Å². The van der Waals surface area contributed by atoms with E-state index in [1.807, 2.05) is 44.2 Å². The second-order valence-corrected chi connectivity index (χ2v) is 4.45. The van der Waals surface area contributed by atoms with Gasteiger partial charge in [-0.25, -0.2) is 0 Å². The maximum Gasteiger partial charge on any atom is 0.165 e. The van der Waals surface area contributed by atoms with E-state index >= 15 is 0 Å². The second-order valence-electron chi connectivity index (χ2n) is 4.45. The summed E-state index contributed by atoms with van der Waals surface area (Å²) in [5.74, 6) is -0.0693. The van der Waals surface area contributed by atoms with Crippen molar-refractivity contribution < 1.29 is 10.2 Å². The van der Waals surface area contributed by atoms with E-state index in [9.17, 15) is 10.2 Å². The minimum Gasteiger partial charge on any atom is -0.504 e. The van der Waals surface area contributed by atoms with Crippen LogP contribution in [0.15, 0.2) is 30.3 Å². The molecular formula is C15H16O2. The SMILES string of the molecule is Cc1cccc(-c2c(C)cc(C)c(O)c2O)c1. The fourth-order valence-electron chi connectivity index (χ4n) is 2.12. The number of benzene rings is 2. The monoisotopic (exact) mass is 228 g/mol. The lowest BCUT2D eigenvalue weighted by molar-refractivity contribution is 0.402. The predicted molar refractivity (Wildman–Crippen MR) is 69.4 cm³/mol. The van der Waals surface area contributed by atoms with Gasteiger partial charge in [0.1, 0.15) is 0 Å². The number of hydrogen-bond donors (Lipinski definition) is 2. The number of aromatic hydroxyl groups is 2. The van der Waals surface area contributed by atoms with Crippen molar-refractivity contribution in [1.82, 2.24) is 0 Å². The van der Waals surface area contributed by atoms with Gasteiger partial charge in [0.25, 0.3) is 0 Å². The fourth-order valence-corrected chi connectivity index (χ4v) is 2.12. The average molecular weight is 228 g/mol. The molecular weight excluding hydrogens is 212 g/mol. The number of phenolic OH excluding ortho intramolecular Hbond substituents is 2. The highest BCUT2D eigenvalue weighted by molar-refractivity contribution is 5.77. The minimum absolute atomic E-state index is 0.0342. The van der Waals surface area contributed by atoms with Gasteiger partial charge in [0.2, 0.25) is 0 Å². The van der Waals surface area contributed by atoms with Gasteiger partial charge in [0, 0.05) is 5.56 Å². The summed E-state index contributed by atoms with van der Waals surface area (Å²) >= 11 is 0. The summed E-state index contributed by atoms with van der Waals surface area (Å²) in [7, 11) is 0. The maximum absolute atomic E-state index is 10.1. The molecule has 0 aliphatic carbocycles. The van der Waals surface area contributed by atoms with Crippen molar-refractivity contribution in [2.45, 2.75) is 20.8 Å². The van der Waals surface area contributed by atoms with Gasteiger partial charge in [-0.15, -0.1) is 0 Å². The van der Waals surface area contributed by atoms with E-state index in [0.717, 1.165) is 16.7 Å². The summed E-state index contributed by atoms with van der Waals surface area (Å²) in [6.07, 6.45) is 0. The van der Waals surface area contributed by atoms with Crippen LogP contribution in [-0.4, -0.2) is 10.2 Å². The van der Waals surface area contributed by atoms with Gasteiger partial charge >= 0.3 is 0 Å². The van der Waals surface area contributed by atoms with Crippen molar-refractivity contribution in [3.05, 3.63) is 47.0 Å². The molecule has 2 heteroatoms. The summed E-state index contributed by atoms with van der Waals surface area (Å²) in [5.41, 5.74) is 4.41. The highest BCUT2D eigenvalue weighted by Crippen LogP contribution is 2.41. The number of rotatable bonds is 1. The van der Waals surface area contributed by atoms with Crippen molar-refractivity contribution in [1.29, 1.82) is 0 Å². The van der Waals surface area contributed by atoms with E-state index in [1.54, 1.807) is 6.92 Å². The summed E-state index contributed by atoms with van der Waals surface area (Å²) < 4.78 is 0. The molecule has 0 aliphatic heterocycles. The van der Waals surface area contributed by atoms with Crippen molar-refractivity contribution in [2.75, 3.05) is 0 Å². The summed E-state index contributed by atoms with van der Waals surface area (Å²) in [5, 5.41) is 19.8. The summed E-state index contributed by atoms with van der Waals surface area (Å²) in [4.78, 5) is 0. The second kappa shape index (κ2) is 4.13. The molecule has 2 rings (SSSR count). The highest BCUT2D eigenvalue weighted by Gasteiger charge is 2.14. The zero-order valence-corrected chi connectivity index (χ0v) is 10.3. The molecule has 0 fully saturated rings. The van der Waals surface area contributed by atoms with Crippen molar-refractivity contribution >= 4 is 0 Å². The first-order chi connectivity index (χ1) is 8.00. The zero-order valence-electron chi connectivity index (χ0n) is 10.3. The molecule has 2 aromatic rings. The Hall–Kier alpha value is -1.96. The normalized spacial score (nSPS) is 10.5. The third-order valence-electron chi connectivity index (χ3n) is 2.97. The summed E-state index contributed by atoms with van der Waals surface area (Å²) in [6.45, 7) is 5.72. The number of hydrogen-bond acceptors (Lipinski definition) is 2. The van der Waals surface area contributed by atoms with Gasteiger partial charge in [-0.3, -0.25) is 0 Å². The lowest BCUT2D eigenvalue weighted by atomic mass is 9.96. The third kappa shape index (κ3) is 1.98. The van der Waals surface area contributed by atoms with E-state index in [-0.39, 0.29) is 11.5 Å². The molecule has 0 unspecified atom stereocenters. The van der Waals surface area contributed by atoms with Crippen LogP contribution >= 0.6 is 0 Å². The van der Waals surface area contributed by atoms with Gasteiger partial charge in [-0.2, -0.15) is 0 Å². The van der Waals surface area contributed by atoms with Crippen LogP contribution in [-0.2, 0) is 0 Å². The predicted octanol–water partition coefficient (Wildman–Crippen LogP) is 3.69. The Bertz CT molecular complexity index is 571. The van der Waals surface area contributed by atoms with Crippen LogP contribution in [0, 0.1) is 20.8 Å². The minimum atomic E-state index is -0.0351. The maximum atomic E-state index is 10.1. The van der Waals surface area contributed by atoms with E-state index in [2.05, 4.69) is 0 Å². The molecule has 0 saturated carbocycles. The van der Waals surface area contributed by atoms with Crippen LogP contribution in [0.3, 0.4) is 0 Å². The standard InChI is InChI=1S/C15H16O2/c1-9-5-4-6-12(7-9)13-10(2)8-11(3)14(16)15(13)17/h4-8,16-17H,1-3H3. The molecule has 0 amide bonds. The largest absolute Gasteiger partial charge is 0.504 e. The Balaban J connectivity index is 2.72. The van der Waals surface area contributed by atoms with Crippen LogP contribution in [0.5, 0.6) is 11.5 Å². The van der Waals surface area contributed by atoms with E-state index in [4.69, 9.17) is 0 Å².